The smallest absolute Gasteiger partial charge is 0.279 e. The highest BCUT2D eigenvalue weighted by atomic mass is 16.5. The minimum atomic E-state index is -0.253. The second-order valence-electron chi connectivity index (χ2n) is 7.19. The fourth-order valence-electron chi connectivity index (χ4n) is 3.38. The van der Waals surface area contributed by atoms with Gasteiger partial charge in [0.15, 0.2) is 5.69 Å². The molecule has 6 nitrogen and oxygen atoms in total. The van der Waals surface area contributed by atoms with Crippen molar-refractivity contribution < 1.29 is 9.53 Å². The first kappa shape index (κ1) is 20.3. The van der Waals surface area contributed by atoms with Gasteiger partial charge in [0.05, 0.1) is 17.7 Å². The Morgan fingerprint density at radius 2 is 1.52 bits per heavy atom. The maximum Gasteiger partial charge on any atom is 0.279 e. The van der Waals surface area contributed by atoms with Crippen LogP contribution in [0.15, 0.2) is 89.7 Å². The Labute approximate surface area is 180 Å². The highest BCUT2D eigenvalue weighted by molar-refractivity contribution is 6.04. The Bertz CT molecular complexity index is 1240. The quantitative estimate of drug-likeness (QED) is 0.431. The van der Waals surface area contributed by atoms with Crippen molar-refractivity contribution in [1.29, 1.82) is 0 Å². The van der Waals surface area contributed by atoms with Gasteiger partial charge in [-0.3, -0.25) is 9.59 Å². The van der Waals surface area contributed by atoms with E-state index in [1.165, 1.54) is 4.68 Å². The Balaban J connectivity index is 1.57. The lowest BCUT2D eigenvalue weighted by Gasteiger charge is -2.18. The van der Waals surface area contributed by atoms with E-state index in [1.54, 1.807) is 48.3 Å². The summed E-state index contributed by atoms with van der Waals surface area (Å²) in [6.45, 7) is 1.01. The molecule has 4 rings (SSSR count). The molecule has 0 atom stereocenters. The fraction of sp³-hybridized carbons (Fsp3) is 0.160. The number of carbonyl (C=O) groups is 1. The minimum Gasteiger partial charge on any atom is -0.494 e. The van der Waals surface area contributed by atoms with Crippen LogP contribution < -0.4 is 10.3 Å². The van der Waals surface area contributed by atoms with Crippen molar-refractivity contribution in [3.63, 3.8) is 0 Å². The molecule has 0 bridgehead atoms. The Hall–Kier alpha value is -3.93. The van der Waals surface area contributed by atoms with Crippen molar-refractivity contribution in [3.8, 4) is 11.4 Å². The molecule has 0 aliphatic carbocycles. The van der Waals surface area contributed by atoms with E-state index in [0.717, 1.165) is 5.75 Å². The van der Waals surface area contributed by atoms with Crippen LogP contribution >= 0.6 is 0 Å². The average Bonchev–Trinajstić information content (AvgIpc) is 2.83. The summed E-state index contributed by atoms with van der Waals surface area (Å²) in [4.78, 5) is 27.8. The molecule has 0 fully saturated rings. The number of carbonyl (C=O) groups excluding carboxylic acids is 1. The fourth-order valence-corrected chi connectivity index (χ4v) is 3.38. The average molecular weight is 413 g/mol. The van der Waals surface area contributed by atoms with Crippen LogP contribution in [0.25, 0.3) is 16.5 Å². The predicted molar refractivity (Wildman–Crippen MR) is 121 cm³/mol. The molecular weight excluding hydrogens is 390 g/mol. The number of ether oxygens (including phenoxy) is 1. The maximum absolute atomic E-state index is 13.2. The van der Waals surface area contributed by atoms with Gasteiger partial charge in [-0.2, -0.15) is 9.78 Å². The molecule has 1 amide bonds. The van der Waals surface area contributed by atoms with Gasteiger partial charge in [0, 0.05) is 19.0 Å². The molecule has 3 aromatic carbocycles. The van der Waals surface area contributed by atoms with E-state index in [-0.39, 0.29) is 17.2 Å². The summed E-state index contributed by atoms with van der Waals surface area (Å²) < 4.78 is 7.00. The molecule has 0 saturated heterocycles. The minimum absolute atomic E-state index is 0.236. The van der Waals surface area contributed by atoms with Crippen molar-refractivity contribution in [2.45, 2.75) is 6.42 Å². The molecule has 6 heteroatoms. The summed E-state index contributed by atoms with van der Waals surface area (Å²) in [7, 11) is 1.74. The highest BCUT2D eigenvalue weighted by Gasteiger charge is 2.20. The number of nitrogens with zero attached hydrogens (tertiary/aromatic N) is 3. The van der Waals surface area contributed by atoms with Crippen molar-refractivity contribution >= 4 is 16.7 Å². The number of hydrogen-bond acceptors (Lipinski definition) is 4. The largest absolute Gasteiger partial charge is 0.494 e. The molecule has 1 heterocycles. The van der Waals surface area contributed by atoms with Gasteiger partial charge in [0.25, 0.3) is 11.5 Å². The summed E-state index contributed by atoms with van der Waals surface area (Å²) in [5.74, 6) is 0.569. The van der Waals surface area contributed by atoms with Crippen molar-refractivity contribution in [2.24, 2.45) is 0 Å². The first-order valence-corrected chi connectivity index (χ1v) is 10.2. The maximum atomic E-state index is 13.2. The van der Waals surface area contributed by atoms with Gasteiger partial charge in [-0.1, -0.05) is 54.6 Å². The normalized spacial score (nSPS) is 10.7. The van der Waals surface area contributed by atoms with Crippen molar-refractivity contribution in [3.05, 3.63) is 101 Å². The number of aromatic nitrogens is 2. The van der Waals surface area contributed by atoms with Crippen LogP contribution in [0.1, 0.15) is 16.9 Å². The topological polar surface area (TPSA) is 64.4 Å². The van der Waals surface area contributed by atoms with Crippen LogP contribution in [0.3, 0.4) is 0 Å². The molecule has 31 heavy (non-hydrogen) atoms. The second-order valence-corrected chi connectivity index (χ2v) is 7.19. The number of hydrogen-bond donors (Lipinski definition) is 0. The van der Waals surface area contributed by atoms with Gasteiger partial charge in [-0.15, -0.1) is 0 Å². The van der Waals surface area contributed by atoms with Crippen LogP contribution in [0.5, 0.6) is 5.75 Å². The van der Waals surface area contributed by atoms with Gasteiger partial charge in [-0.25, -0.2) is 0 Å². The summed E-state index contributed by atoms with van der Waals surface area (Å²) in [6.07, 6.45) is 0.674. The van der Waals surface area contributed by atoms with Crippen LogP contribution in [0.2, 0.25) is 0 Å². The third-order valence-electron chi connectivity index (χ3n) is 5.00. The summed E-state index contributed by atoms with van der Waals surface area (Å²) in [6, 6.07) is 25.8. The van der Waals surface area contributed by atoms with E-state index in [1.807, 2.05) is 48.5 Å². The number of fused-ring (bicyclic) bond motifs is 1. The molecule has 156 valence electrons. The number of rotatable bonds is 7. The molecule has 0 aliphatic heterocycles. The van der Waals surface area contributed by atoms with E-state index in [0.29, 0.717) is 36.0 Å². The van der Waals surface area contributed by atoms with Gasteiger partial charge in [0.2, 0.25) is 0 Å². The van der Waals surface area contributed by atoms with Gasteiger partial charge in [-0.05, 0) is 36.8 Å². The SMILES string of the molecule is CN(CCCOc1ccccc1)C(=O)c1nn(-c2ccccc2)c(=O)c2ccccc12. The van der Waals surface area contributed by atoms with Crippen LogP contribution in [-0.2, 0) is 0 Å². The zero-order chi connectivity index (χ0) is 21.6. The molecule has 0 N–H and O–H groups in total. The second kappa shape index (κ2) is 9.26. The molecule has 0 unspecified atom stereocenters. The van der Waals surface area contributed by atoms with E-state index in [4.69, 9.17) is 4.74 Å². The summed E-state index contributed by atoms with van der Waals surface area (Å²) >= 11 is 0. The zero-order valence-electron chi connectivity index (χ0n) is 17.3. The number of para-hydroxylation sites is 2. The summed E-state index contributed by atoms with van der Waals surface area (Å²) in [5.41, 5.74) is 0.619. The Kier molecular flexibility index (Phi) is 6.08. The van der Waals surface area contributed by atoms with Gasteiger partial charge in [0.1, 0.15) is 5.75 Å². The molecule has 4 aromatic rings. The molecule has 0 saturated carbocycles. The first-order valence-electron chi connectivity index (χ1n) is 10.2. The van der Waals surface area contributed by atoms with Crippen molar-refractivity contribution in [1.82, 2.24) is 14.7 Å². The van der Waals surface area contributed by atoms with E-state index < -0.39 is 0 Å². The Morgan fingerprint density at radius 1 is 0.903 bits per heavy atom. The third kappa shape index (κ3) is 4.48. The monoisotopic (exact) mass is 413 g/mol. The standard InChI is InChI=1S/C25H23N3O3/c1-27(17-10-18-31-20-13-6-3-7-14-20)25(30)23-21-15-8-9-16-22(21)24(29)28(26-23)19-11-4-2-5-12-19/h2-9,11-16H,10,17-18H2,1H3. The lowest BCUT2D eigenvalue weighted by molar-refractivity contribution is 0.0782. The van der Waals surface area contributed by atoms with Crippen molar-refractivity contribution in [2.75, 3.05) is 20.2 Å². The zero-order valence-corrected chi connectivity index (χ0v) is 17.3. The van der Waals surface area contributed by atoms with E-state index in [9.17, 15) is 9.59 Å². The lowest BCUT2D eigenvalue weighted by Crippen LogP contribution is -2.32. The van der Waals surface area contributed by atoms with Gasteiger partial charge >= 0.3 is 0 Å². The lowest BCUT2D eigenvalue weighted by atomic mass is 10.1. The van der Waals surface area contributed by atoms with Crippen LogP contribution in [-0.4, -0.2) is 40.8 Å². The summed E-state index contributed by atoms with van der Waals surface area (Å²) in [5, 5.41) is 5.47. The molecule has 0 aliphatic rings. The van der Waals surface area contributed by atoms with E-state index >= 15 is 0 Å². The number of amides is 1. The van der Waals surface area contributed by atoms with Crippen LogP contribution in [0, 0.1) is 0 Å². The first-order chi connectivity index (χ1) is 15.1. The van der Waals surface area contributed by atoms with E-state index in [2.05, 4.69) is 5.10 Å². The molecule has 1 aromatic heterocycles. The molecular formula is C25H23N3O3. The third-order valence-corrected chi connectivity index (χ3v) is 5.00. The number of benzene rings is 3. The Morgan fingerprint density at radius 3 is 2.23 bits per heavy atom. The van der Waals surface area contributed by atoms with Crippen LogP contribution in [0.4, 0.5) is 0 Å². The molecule has 0 radical (unpaired) electrons. The highest BCUT2D eigenvalue weighted by Crippen LogP contribution is 2.17. The van der Waals surface area contributed by atoms with Gasteiger partial charge < -0.3 is 9.64 Å². The predicted octanol–water partition coefficient (Wildman–Crippen LogP) is 3.93. The molecule has 0 spiro atoms.